The normalized spacial score (nSPS) is 42.1. The SMILES string of the molecule is CC1CC(CN2C(=O)CN(C3NCC(Cl)CC3F)C(=O)[C@H]2C2COC2)CCC1F. The van der Waals surface area contributed by atoms with Gasteiger partial charge in [-0.3, -0.25) is 14.9 Å². The van der Waals surface area contributed by atoms with E-state index in [9.17, 15) is 18.4 Å². The van der Waals surface area contributed by atoms with Crippen molar-refractivity contribution in [3.05, 3.63) is 0 Å². The first-order valence-corrected chi connectivity index (χ1v) is 11.1. The van der Waals surface area contributed by atoms with Crippen LogP contribution in [0.5, 0.6) is 0 Å². The topological polar surface area (TPSA) is 61.9 Å². The van der Waals surface area contributed by atoms with Crippen molar-refractivity contribution < 1.29 is 23.1 Å². The van der Waals surface area contributed by atoms with E-state index in [1.165, 1.54) is 4.90 Å². The van der Waals surface area contributed by atoms with Crippen molar-refractivity contribution in [1.82, 2.24) is 15.1 Å². The maximum atomic E-state index is 14.6. The van der Waals surface area contributed by atoms with Gasteiger partial charge in [-0.05, 0) is 37.5 Å². The second kappa shape index (κ2) is 8.63. The van der Waals surface area contributed by atoms with Gasteiger partial charge in [0.15, 0.2) is 0 Å². The van der Waals surface area contributed by atoms with E-state index in [1.54, 1.807) is 4.90 Å². The molecule has 1 N–H and O–H groups in total. The van der Waals surface area contributed by atoms with Crippen LogP contribution in [-0.2, 0) is 14.3 Å². The monoisotopic (exact) mass is 433 g/mol. The van der Waals surface area contributed by atoms with Crippen molar-refractivity contribution in [2.75, 3.05) is 32.8 Å². The Morgan fingerprint density at radius 3 is 2.55 bits per heavy atom. The quantitative estimate of drug-likeness (QED) is 0.686. The minimum Gasteiger partial charge on any atom is -0.380 e. The Kier molecular flexibility index (Phi) is 6.33. The van der Waals surface area contributed by atoms with E-state index in [0.717, 1.165) is 6.42 Å². The molecule has 7 atom stereocenters. The molecule has 0 aromatic rings. The summed E-state index contributed by atoms with van der Waals surface area (Å²) in [6.07, 6.45) is -0.842. The molecule has 3 aliphatic heterocycles. The molecule has 29 heavy (non-hydrogen) atoms. The first-order chi connectivity index (χ1) is 13.8. The number of piperidine rings is 1. The van der Waals surface area contributed by atoms with Gasteiger partial charge in [-0.25, -0.2) is 8.78 Å². The minimum atomic E-state index is -1.31. The van der Waals surface area contributed by atoms with Gasteiger partial charge in [-0.1, -0.05) is 6.92 Å². The molecule has 3 saturated heterocycles. The lowest BCUT2D eigenvalue weighted by Gasteiger charge is -2.50. The van der Waals surface area contributed by atoms with Crippen LogP contribution in [0.3, 0.4) is 0 Å². The van der Waals surface area contributed by atoms with Gasteiger partial charge in [0.1, 0.15) is 31.1 Å². The van der Waals surface area contributed by atoms with E-state index < -0.39 is 24.6 Å². The third-order valence-electron chi connectivity index (χ3n) is 6.94. The standard InChI is InChI=1S/C20H30ClF2N3O3/c1-11-4-12(2-3-15(11)22)7-25-17(27)8-26(19-16(23)5-14(21)6-24-19)20(28)18(25)13-9-29-10-13/h11-16,18-19,24H,2-10H2,1H3/t11?,12?,14?,15?,16?,18-,19?/m1/s1. The Morgan fingerprint density at radius 2 is 1.93 bits per heavy atom. The number of halogens is 3. The van der Waals surface area contributed by atoms with E-state index >= 15 is 0 Å². The molecule has 2 amide bonds. The van der Waals surface area contributed by atoms with E-state index in [4.69, 9.17) is 16.3 Å². The van der Waals surface area contributed by atoms with Crippen LogP contribution in [0.1, 0.15) is 32.6 Å². The highest BCUT2D eigenvalue weighted by Crippen LogP contribution is 2.34. The number of hydrogen-bond acceptors (Lipinski definition) is 4. The van der Waals surface area contributed by atoms with Crippen LogP contribution in [0.25, 0.3) is 0 Å². The maximum absolute atomic E-state index is 14.6. The first-order valence-electron chi connectivity index (χ1n) is 10.7. The lowest BCUT2D eigenvalue weighted by molar-refractivity contribution is -0.173. The predicted octanol–water partition coefficient (Wildman–Crippen LogP) is 1.71. The lowest BCUT2D eigenvalue weighted by Crippen LogP contribution is -2.70. The molecule has 0 aromatic heterocycles. The molecule has 4 rings (SSSR count). The summed E-state index contributed by atoms with van der Waals surface area (Å²) in [6, 6.07) is -0.633. The van der Waals surface area contributed by atoms with Crippen molar-refractivity contribution in [2.45, 2.75) is 62.5 Å². The fourth-order valence-corrected chi connectivity index (χ4v) is 5.43. The summed E-state index contributed by atoms with van der Waals surface area (Å²) in [5.74, 6) is -0.320. The maximum Gasteiger partial charge on any atom is 0.247 e. The lowest BCUT2D eigenvalue weighted by atomic mass is 9.80. The number of nitrogens with zero attached hydrogens (tertiary/aromatic N) is 2. The van der Waals surface area contributed by atoms with E-state index in [0.29, 0.717) is 39.1 Å². The van der Waals surface area contributed by atoms with Crippen molar-refractivity contribution in [2.24, 2.45) is 17.8 Å². The van der Waals surface area contributed by atoms with Crippen LogP contribution in [0.2, 0.25) is 0 Å². The Morgan fingerprint density at radius 1 is 1.17 bits per heavy atom. The van der Waals surface area contributed by atoms with Crippen LogP contribution >= 0.6 is 11.6 Å². The zero-order valence-electron chi connectivity index (χ0n) is 16.7. The van der Waals surface area contributed by atoms with Crippen LogP contribution < -0.4 is 5.32 Å². The van der Waals surface area contributed by atoms with Crippen LogP contribution in [0.15, 0.2) is 0 Å². The number of amides is 2. The fourth-order valence-electron chi connectivity index (χ4n) is 5.17. The molecule has 4 fully saturated rings. The average molecular weight is 434 g/mol. The van der Waals surface area contributed by atoms with Crippen molar-refractivity contribution >= 4 is 23.4 Å². The summed E-state index contributed by atoms with van der Waals surface area (Å²) in [4.78, 5) is 29.5. The number of hydrogen-bond donors (Lipinski definition) is 1. The summed E-state index contributed by atoms with van der Waals surface area (Å²) in [5.41, 5.74) is 0. The highest BCUT2D eigenvalue weighted by atomic mass is 35.5. The number of alkyl halides is 3. The summed E-state index contributed by atoms with van der Waals surface area (Å²) in [6.45, 7) is 3.46. The zero-order chi connectivity index (χ0) is 20.7. The van der Waals surface area contributed by atoms with Gasteiger partial charge < -0.3 is 14.5 Å². The zero-order valence-corrected chi connectivity index (χ0v) is 17.5. The molecular weight excluding hydrogens is 404 g/mol. The average Bonchev–Trinajstić information content (AvgIpc) is 2.62. The molecule has 1 saturated carbocycles. The van der Waals surface area contributed by atoms with Gasteiger partial charge in [-0.2, -0.15) is 0 Å². The highest BCUT2D eigenvalue weighted by molar-refractivity contribution is 6.20. The molecule has 0 spiro atoms. The number of rotatable bonds is 4. The molecule has 164 valence electrons. The van der Waals surface area contributed by atoms with Crippen LogP contribution in [0, 0.1) is 17.8 Å². The van der Waals surface area contributed by atoms with Gasteiger partial charge >= 0.3 is 0 Å². The van der Waals surface area contributed by atoms with E-state index in [-0.39, 0.29) is 47.9 Å². The molecule has 6 nitrogen and oxygen atoms in total. The summed E-state index contributed by atoms with van der Waals surface area (Å²) in [5, 5.41) is 2.67. The van der Waals surface area contributed by atoms with E-state index in [1.807, 2.05) is 6.92 Å². The first kappa shape index (κ1) is 21.2. The smallest absolute Gasteiger partial charge is 0.247 e. The van der Waals surface area contributed by atoms with Crippen molar-refractivity contribution in [3.63, 3.8) is 0 Å². The van der Waals surface area contributed by atoms with Gasteiger partial charge in [0.2, 0.25) is 11.8 Å². The third kappa shape index (κ3) is 4.26. The van der Waals surface area contributed by atoms with Gasteiger partial charge in [0, 0.05) is 24.4 Å². The Labute approximate surface area is 175 Å². The number of carbonyl (C=O) groups is 2. The minimum absolute atomic E-state index is 0.0337. The van der Waals surface area contributed by atoms with Crippen LogP contribution in [0.4, 0.5) is 8.78 Å². The van der Waals surface area contributed by atoms with Crippen molar-refractivity contribution in [1.29, 1.82) is 0 Å². The Hall–Kier alpha value is -0.990. The summed E-state index contributed by atoms with van der Waals surface area (Å²) >= 11 is 6.02. The fraction of sp³-hybridized carbons (Fsp3) is 0.900. The number of nitrogens with one attached hydrogen (secondary N) is 1. The molecule has 4 aliphatic rings. The van der Waals surface area contributed by atoms with E-state index in [2.05, 4.69) is 5.32 Å². The van der Waals surface area contributed by atoms with Gasteiger partial charge in [0.25, 0.3) is 0 Å². The highest BCUT2D eigenvalue weighted by Gasteiger charge is 2.50. The molecule has 0 bridgehead atoms. The molecule has 9 heteroatoms. The molecule has 1 aliphatic carbocycles. The summed E-state index contributed by atoms with van der Waals surface area (Å²) < 4.78 is 33.8. The summed E-state index contributed by atoms with van der Waals surface area (Å²) in [7, 11) is 0. The number of piperazine rings is 1. The second-order valence-electron chi connectivity index (χ2n) is 9.13. The van der Waals surface area contributed by atoms with Crippen LogP contribution in [-0.4, -0.2) is 84.4 Å². The molecule has 6 unspecified atom stereocenters. The Bertz CT molecular complexity index is 638. The molecular formula is C20H30ClF2N3O3. The largest absolute Gasteiger partial charge is 0.380 e. The third-order valence-corrected chi connectivity index (χ3v) is 7.28. The number of carbonyl (C=O) groups excluding carboxylic acids is 2. The predicted molar refractivity (Wildman–Crippen MR) is 104 cm³/mol. The van der Waals surface area contributed by atoms with Gasteiger partial charge in [0.05, 0.1) is 13.2 Å². The van der Waals surface area contributed by atoms with Crippen molar-refractivity contribution in [3.8, 4) is 0 Å². The second-order valence-corrected chi connectivity index (χ2v) is 9.75. The molecule has 3 heterocycles. The Balaban J connectivity index is 1.50. The molecule has 0 radical (unpaired) electrons. The van der Waals surface area contributed by atoms with Gasteiger partial charge in [-0.15, -0.1) is 11.6 Å². The number of ether oxygens (including phenoxy) is 1. The molecule has 0 aromatic carbocycles.